The molecule has 1 aliphatic rings. The maximum absolute atomic E-state index is 11.6. The molecule has 1 saturated heterocycles. The molecule has 0 radical (unpaired) electrons. The number of rotatable bonds is 6. The molecule has 1 aliphatic heterocycles. The van der Waals surface area contributed by atoms with E-state index in [9.17, 15) is 9.90 Å². The first-order chi connectivity index (χ1) is 14.6. The fraction of sp³-hybridized carbons (Fsp3) is 0.320. The average molecular weight is 405 g/mol. The third-order valence-corrected chi connectivity index (χ3v) is 6.02. The van der Waals surface area contributed by atoms with Crippen LogP contribution in [0, 0.1) is 6.92 Å². The van der Waals surface area contributed by atoms with Crippen LogP contribution in [-0.4, -0.2) is 43.4 Å². The van der Waals surface area contributed by atoms with Crippen LogP contribution in [0.15, 0.2) is 60.7 Å². The number of benzene rings is 3. The molecule has 156 valence electrons. The molecular formula is C25H28N2O3. The fourth-order valence-electron chi connectivity index (χ4n) is 4.36. The fourth-order valence-corrected chi connectivity index (χ4v) is 4.36. The van der Waals surface area contributed by atoms with Gasteiger partial charge in [-0.3, -0.25) is 0 Å². The number of hydrogen-bond donors (Lipinski definition) is 2. The third kappa shape index (κ3) is 4.04. The summed E-state index contributed by atoms with van der Waals surface area (Å²) in [4.78, 5) is 13.8. The van der Waals surface area contributed by atoms with Crippen LogP contribution in [0.3, 0.4) is 0 Å². The van der Waals surface area contributed by atoms with E-state index in [2.05, 4.69) is 59.6 Å². The Morgan fingerprint density at radius 1 is 1.17 bits per heavy atom. The van der Waals surface area contributed by atoms with Gasteiger partial charge in [0, 0.05) is 24.8 Å². The molecule has 2 N–H and O–H groups in total. The summed E-state index contributed by atoms with van der Waals surface area (Å²) in [5.74, 6) is -0.887. The lowest BCUT2D eigenvalue weighted by molar-refractivity contribution is 0.0696. The average Bonchev–Trinajstić information content (AvgIpc) is 2.77. The zero-order chi connectivity index (χ0) is 21.1. The summed E-state index contributed by atoms with van der Waals surface area (Å²) in [7, 11) is 0. The number of hydrogen-bond acceptors (Lipinski definition) is 4. The first kappa shape index (κ1) is 20.4. The van der Waals surface area contributed by atoms with Gasteiger partial charge in [-0.2, -0.15) is 0 Å². The number of carboxylic acid groups (broad SMARTS) is 1. The molecule has 0 saturated carbocycles. The molecule has 3 aromatic rings. The number of fused-ring (bicyclic) bond motifs is 1. The Morgan fingerprint density at radius 2 is 1.93 bits per heavy atom. The predicted octanol–water partition coefficient (Wildman–Crippen LogP) is 4.40. The topological polar surface area (TPSA) is 61.8 Å². The first-order valence-corrected chi connectivity index (χ1v) is 10.4. The number of ether oxygens (including phenoxy) is 1. The SMILES string of the molecule is Cc1c(C(=O)O)cccc1N1CCOCC1CN[C@H](C)c1cccc2ccccc12. The van der Waals surface area contributed by atoms with Crippen LogP contribution >= 0.6 is 0 Å². The van der Waals surface area contributed by atoms with E-state index < -0.39 is 5.97 Å². The number of nitrogens with one attached hydrogen (secondary N) is 1. The Morgan fingerprint density at radius 3 is 2.77 bits per heavy atom. The van der Waals surface area contributed by atoms with Crippen LogP contribution in [-0.2, 0) is 4.74 Å². The van der Waals surface area contributed by atoms with Gasteiger partial charge in [0.25, 0.3) is 0 Å². The standard InChI is InChI=1S/C25H28N2O3/c1-17-21(25(28)29)10-6-12-24(17)27-13-14-30-16-20(27)15-26-18(2)22-11-5-8-19-7-3-4-9-23(19)22/h3-12,18,20,26H,13-16H2,1-2H3,(H,28,29)/t18-,20?/m1/s1. The molecule has 0 aliphatic carbocycles. The van der Waals surface area contributed by atoms with Gasteiger partial charge in [-0.1, -0.05) is 48.5 Å². The largest absolute Gasteiger partial charge is 0.478 e. The van der Waals surface area contributed by atoms with Gasteiger partial charge in [-0.05, 0) is 47.9 Å². The zero-order valence-corrected chi connectivity index (χ0v) is 17.5. The number of carbonyl (C=O) groups is 1. The Hall–Kier alpha value is -2.89. The summed E-state index contributed by atoms with van der Waals surface area (Å²) in [5, 5.41) is 15.7. The highest BCUT2D eigenvalue weighted by atomic mass is 16.5. The lowest BCUT2D eigenvalue weighted by Gasteiger charge is -2.39. The Kier molecular flexibility index (Phi) is 6.02. The number of aromatic carboxylic acids is 1. The maximum atomic E-state index is 11.6. The number of morpholine rings is 1. The van der Waals surface area contributed by atoms with Crippen molar-refractivity contribution in [2.75, 3.05) is 31.2 Å². The molecule has 0 aromatic heterocycles. The molecule has 1 unspecified atom stereocenters. The molecule has 0 bridgehead atoms. The van der Waals surface area contributed by atoms with Crippen molar-refractivity contribution < 1.29 is 14.6 Å². The van der Waals surface area contributed by atoms with E-state index in [4.69, 9.17) is 4.74 Å². The Labute approximate surface area is 177 Å². The van der Waals surface area contributed by atoms with Crippen LogP contribution in [0.1, 0.15) is 34.5 Å². The Balaban J connectivity index is 1.53. The zero-order valence-electron chi connectivity index (χ0n) is 17.5. The van der Waals surface area contributed by atoms with Crippen LogP contribution in [0.5, 0.6) is 0 Å². The van der Waals surface area contributed by atoms with Gasteiger partial charge in [0.05, 0.1) is 24.8 Å². The molecular weight excluding hydrogens is 376 g/mol. The van der Waals surface area contributed by atoms with Crippen LogP contribution in [0.4, 0.5) is 5.69 Å². The summed E-state index contributed by atoms with van der Waals surface area (Å²) in [6, 6.07) is 20.7. The van der Waals surface area contributed by atoms with Gasteiger partial charge in [0.1, 0.15) is 0 Å². The monoisotopic (exact) mass is 404 g/mol. The van der Waals surface area contributed by atoms with Crippen molar-refractivity contribution in [3.63, 3.8) is 0 Å². The Bertz CT molecular complexity index is 1040. The number of nitrogens with zero attached hydrogens (tertiary/aromatic N) is 1. The van der Waals surface area contributed by atoms with Gasteiger partial charge >= 0.3 is 5.97 Å². The molecule has 4 rings (SSSR count). The second kappa shape index (κ2) is 8.86. The van der Waals surface area contributed by atoms with E-state index in [1.165, 1.54) is 16.3 Å². The third-order valence-electron chi connectivity index (χ3n) is 6.02. The molecule has 1 heterocycles. The molecule has 30 heavy (non-hydrogen) atoms. The summed E-state index contributed by atoms with van der Waals surface area (Å²) < 4.78 is 5.76. The quantitative estimate of drug-likeness (QED) is 0.638. The summed E-state index contributed by atoms with van der Waals surface area (Å²) in [6.45, 7) is 6.84. The van der Waals surface area contributed by atoms with Crippen LogP contribution < -0.4 is 10.2 Å². The molecule has 1 fully saturated rings. The molecule has 5 heteroatoms. The van der Waals surface area contributed by atoms with Gasteiger partial charge < -0.3 is 20.1 Å². The van der Waals surface area contributed by atoms with Gasteiger partial charge in [0.15, 0.2) is 0 Å². The highest BCUT2D eigenvalue weighted by Crippen LogP contribution is 2.28. The van der Waals surface area contributed by atoms with Crippen molar-refractivity contribution in [1.29, 1.82) is 0 Å². The lowest BCUT2D eigenvalue weighted by Crippen LogP contribution is -2.51. The highest BCUT2D eigenvalue weighted by Gasteiger charge is 2.26. The summed E-state index contributed by atoms with van der Waals surface area (Å²) in [5.41, 5.74) is 3.41. The van der Waals surface area contributed by atoms with E-state index in [1.54, 1.807) is 6.07 Å². The smallest absolute Gasteiger partial charge is 0.336 e. The van der Waals surface area contributed by atoms with Crippen LogP contribution in [0.25, 0.3) is 10.8 Å². The maximum Gasteiger partial charge on any atom is 0.336 e. The molecule has 3 aromatic carbocycles. The van der Waals surface area contributed by atoms with Gasteiger partial charge in [-0.25, -0.2) is 4.79 Å². The second-order valence-corrected chi connectivity index (χ2v) is 7.88. The summed E-state index contributed by atoms with van der Waals surface area (Å²) >= 11 is 0. The normalized spacial score (nSPS) is 17.8. The second-order valence-electron chi connectivity index (χ2n) is 7.88. The molecule has 0 amide bonds. The van der Waals surface area contributed by atoms with Gasteiger partial charge in [0.2, 0.25) is 0 Å². The first-order valence-electron chi connectivity index (χ1n) is 10.4. The van der Waals surface area contributed by atoms with Gasteiger partial charge in [-0.15, -0.1) is 0 Å². The van der Waals surface area contributed by atoms with E-state index in [0.29, 0.717) is 18.8 Å². The molecule has 5 nitrogen and oxygen atoms in total. The van der Waals surface area contributed by atoms with E-state index in [0.717, 1.165) is 24.3 Å². The predicted molar refractivity (Wildman–Crippen MR) is 120 cm³/mol. The van der Waals surface area contributed by atoms with Crippen molar-refractivity contribution in [3.05, 3.63) is 77.4 Å². The highest BCUT2D eigenvalue weighted by molar-refractivity contribution is 5.91. The van der Waals surface area contributed by atoms with Crippen molar-refractivity contribution in [2.24, 2.45) is 0 Å². The van der Waals surface area contributed by atoms with Crippen molar-refractivity contribution in [1.82, 2.24) is 5.32 Å². The van der Waals surface area contributed by atoms with E-state index >= 15 is 0 Å². The minimum Gasteiger partial charge on any atom is -0.478 e. The molecule has 0 spiro atoms. The van der Waals surface area contributed by atoms with E-state index in [1.807, 2.05) is 19.1 Å². The van der Waals surface area contributed by atoms with Crippen molar-refractivity contribution in [2.45, 2.75) is 25.9 Å². The number of anilines is 1. The molecule has 2 atom stereocenters. The minimum atomic E-state index is -0.887. The van der Waals surface area contributed by atoms with Crippen molar-refractivity contribution >= 4 is 22.4 Å². The van der Waals surface area contributed by atoms with E-state index in [-0.39, 0.29) is 12.1 Å². The number of carboxylic acids is 1. The lowest BCUT2D eigenvalue weighted by atomic mass is 9.99. The minimum absolute atomic E-state index is 0.138. The van der Waals surface area contributed by atoms with Crippen LogP contribution in [0.2, 0.25) is 0 Å². The van der Waals surface area contributed by atoms with Crippen molar-refractivity contribution in [3.8, 4) is 0 Å². The summed E-state index contributed by atoms with van der Waals surface area (Å²) in [6.07, 6.45) is 0.